The predicted molar refractivity (Wildman–Crippen MR) is 192 cm³/mol. The molecule has 0 aliphatic carbocycles. The van der Waals surface area contributed by atoms with Crippen molar-refractivity contribution in [2.45, 2.75) is 0 Å². The Bertz CT molecular complexity index is 2610. The molecule has 4 heteroatoms. The van der Waals surface area contributed by atoms with Crippen LogP contribution >= 0.6 is 0 Å². The molecule has 0 saturated heterocycles. The standard InChI is InChI=1S/C44H24N2O2/c45-25-31-23-29(35-9-5-11-39-37-7-1-3-13-41(37)47-43(35)39)19-21-33(31)27-15-17-28(18-16-27)34-22-20-30(24-32(34)26-46)36-10-6-12-40-38-8-2-4-14-42(38)48-44(36)40/h1-24H. The van der Waals surface area contributed by atoms with Crippen molar-refractivity contribution in [3.63, 3.8) is 0 Å². The topological polar surface area (TPSA) is 73.9 Å². The van der Waals surface area contributed by atoms with Gasteiger partial charge in [0.05, 0.1) is 23.3 Å². The number of para-hydroxylation sites is 4. The van der Waals surface area contributed by atoms with Crippen LogP contribution in [0.1, 0.15) is 11.1 Å². The van der Waals surface area contributed by atoms with Crippen molar-refractivity contribution in [2.75, 3.05) is 0 Å². The molecule has 0 bridgehead atoms. The summed E-state index contributed by atoms with van der Waals surface area (Å²) in [6.07, 6.45) is 0. The lowest BCUT2D eigenvalue weighted by Crippen LogP contribution is -1.89. The van der Waals surface area contributed by atoms with E-state index in [4.69, 9.17) is 8.83 Å². The maximum atomic E-state index is 10.2. The highest BCUT2D eigenvalue weighted by Crippen LogP contribution is 2.39. The lowest BCUT2D eigenvalue weighted by Gasteiger charge is -2.11. The average molecular weight is 613 g/mol. The van der Waals surface area contributed by atoms with Crippen molar-refractivity contribution in [3.05, 3.63) is 157 Å². The van der Waals surface area contributed by atoms with Crippen molar-refractivity contribution < 1.29 is 8.83 Å². The van der Waals surface area contributed by atoms with E-state index in [0.717, 1.165) is 88.4 Å². The second-order valence-electron chi connectivity index (χ2n) is 11.9. The summed E-state index contributed by atoms with van der Waals surface area (Å²) < 4.78 is 12.5. The molecule has 0 fully saturated rings. The number of nitrogens with zero attached hydrogens (tertiary/aromatic N) is 2. The van der Waals surface area contributed by atoms with Crippen LogP contribution in [-0.4, -0.2) is 0 Å². The van der Waals surface area contributed by atoms with Gasteiger partial charge in [-0.25, -0.2) is 0 Å². The molecule has 0 atom stereocenters. The van der Waals surface area contributed by atoms with E-state index >= 15 is 0 Å². The summed E-state index contributed by atoms with van der Waals surface area (Å²) in [6, 6.07) is 53.1. The Morgan fingerprint density at radius 3 is 1.19 bits per heavy atom. The Morgan fingerprint density at radius 1 is 0.354 bits per heavy atom. The molecule has 0 saturated carbocycles. The van der Waals surface area contributed by atoms with Gasteiger partial charge in [0, 0.05) is 32.7 Å². The third-order valence-electron chi connectivity index (χ3n) is 9.22. The molecule has 7 aromatic carbocycles. The summed E-state index contributed by atoms with van der Waals surface area (Å²) >= 11 is 0. The van der Waals surface area contributed by atoms with Crippen molar-refractivity contribution in [1.29, 1.82) is 10.5 Å². The van der Waals surface area contributed by atoms with Crippen LogP contribution in [-0.2, 0) is 0 Å². The second kappa shape index (κ2) is 10.9. The molecule has 0 unspecified atom stereocenters. The minimum atomic E-state index is 0.579. The summed E-state index contributed by atoms with van der Waals surface area (Å²) in [5.74, 6) is 0. The molecule has 0 N–H and O–H groups in total. The molecule has 9 rings (SSSR count). The van der Waals surface area contributed by atoms with Gasteiger partial charge in [-0.05, 0) is 57.6 Å². The largest absolute Gasteiger partial charge is 0.455 e. The molecule has 222 valence electrons. The highest BCUT2D eigenvalue weighted by atomic mass is 16.3. The van der Waals surface area contributed by atoms with Crippen LogP contribution in [0.5, 0.6) is 0 Å². The number of nitriles is 2. The van der Waals surface area contributed by atoms with Crippen LogP contribution in [0, 0.1) is 22.7 Å². The number of fused-ring (bicyclic) bond motifs is 6. The number of benzene rings is 7. The predicted octanol–water partition coefficient (Wildman–Crippen LogP) is 11.9. The Hall–Kier alpha value is -6.88. The highest BCUT2D eigenvalue weighted by molar-refractivity contribution is 6.10. The molecule has 0 spiro atoms. The zero-order valence-corrected chi connectivity index (χ0v) is 25.6. The van der Waals surface area contributed by atoms with Gasteiger partial charge in [0.15, 0.2) is 0 Å². The summed E-state index contributed by atoms with van der Waals surface area (Å²) in [6.45, 7) is 0. The third-order valence-corrected chi connectivity index (χ3v) is 9.22. The van der Waals surface area contributed by atoms with Crippen LogP contribution < -0.4 is 0 Å². The van der Waals surface area contributed by atoms with Gasteiger partial charge in [-0.15, -0.1) is 0 Å². The van der Waals surface area contributed by atoms with Crippen molar-refractivity contribution in [3.8, 4) is 56.6 Å². The summed E-state index contributed by atoms with van der Waals surface area (Å²) in [7, 11) is 0. The fraction of sp³-hybridized carbons (Fsp3) is 0. The first-order valence-electron chi connectivity index (χ1n) is 15.7. The molecule has 0 aliphatic rings. The molecular weight excluding hydrogens is 588 g/mol. The first-order chi connectivity index (χ1) is 23.7. The third kappa shape index (κ3) is 4.29. The molecule has 2 heterocycles. The highest BCUT2D eigenvalue weighted by Gasteiger charge is 2.16. The van der Waals surface area contributed by atoms with Crippen LogP contribution in [0.15, 0.2) is 154 Å². The van der Waals surface area contributed by atoms with Crippen LogP contribution in [0.3, 0.4) is 0 Å². The molecule has 0 amide bonds. The van der Waals surface area contributed by atoms with Gasteiger partial charge in [0.2, 0.25) is 0 Å². The van der Waals surface area contributed by atoms with E-state index < -0.39 is 0 Å². The van der Waals surface area contributed by atoms with Crippen molar-refractivity contribution in [1.82, 2.24) is 0 Å². The smallest absolute Gasteiger partial charge is 0.143 e. The van der Waals surface area contributed by atoms with Crippen molar-refractivity contribution >= 4 is 43.9 Å². The Balaban J connectivity index is 1.06. The first-order valence-corrected chi connectivity index (χ1v) is 15.7. The maximum absolute atomic E-state index is 10.2. The fourth-order valence-electron chi connectivity index (χ4n) is 6.89. The Labute approximate surface area is 275 Å². The summed E-state index contributed by atoms with van der Waals surface area (Å²) in [5.41, 5.74) is 11.8. The average Bonchev–Trinajstić information content (AvgIpc) is 3.73. The van der Waals surface area contributed by atoms with Gasteiger partial charge in [-0.2, -0.15) is 10.5 Å². The molecule has 0 radical (unpaired) electrons. The molecule has 4 nitrogen and oxygen atoms in total. The summed E-state index contributed by atoms with van der Waals surface area (Å²) in [4.78, 5) is 0. The molecule has 0 aliphatic heterocycles. The first kappa shape index (κ1) is 27.4. The Morgan fingerprint density at radius 2 is 0.750 bits per heavy atom. The molecule has 48 heavy (non-hydrogen) atoms. The fourth-order valence-corrected chi connectivity index (χ4v) is 6.89. The van der Waals surface area contributed by atoms with E-state index in [-0.39, 0.29) is 0 Å². The number of furan rings is 2. The van der Waals surface area contributed by atoms with E-state index in [9.17, 15) is 10.5 Å². The number of hydrogen-bond acceptors (Lipinski definition) is 4. The van der Waals surface area contributed by atoms with Gasteiger partial charge in [0.25, 0.3) is 0 Å². The lowest BCUT2D eigenvalue weighted by molar-refractivity contribution is 0.669. The van der Waals surface area contributed by atoms with Crippen LogP contribution in [0.25, 0.3) is 88.4 Å². The maximum Gasteiger partial charge on any atom is 0.143 e. The van der Waals surface area contributed by atoms with Crippen LogP contribution in [0.4, 0.5) is 0 Å². The summed E-state index contributed by atoms with van der Waals surface area (Å²) in [5, 5.41) is 24.6. The van der Waals surface area contributed by atoms with Gasteiger partial charge < -0.3 is 8.83 Å². The van der Waals surface area contributed by atoms with E-state index in [2.05, 4.69) is 36.4 Å². The molecular formula is C44H24N2O2. The van der Waals surface area contributed by atoms with Gasteiger partial charge in [0.1, 0.15) is 22.3 Å². The van der Waals surface area contributed by atoms with E-state index in [1.54, 1.807) is 0 Å². The normalized spacial score (nSPS) is 11.3. The Kier molecular flexibility index (Phi) is 6.22. The van der Waals surface area contributed by atoms with Gasteiger partial charge in [-0.3, -0.25) is 0 Å². The quantitative estimate of drug-likeness (QED) is 0.198. The monoisotopic (exact) mass is 612 g/mol. The minimum Gasteiger partial charge on any atom is -0.455 e. The van der Waals surface area contributed by atoms with E-state index in [0.29, 0.717) is 11.1 Å². The van der Waals surface area contributed by atoms with Gasteiger partial charge in [-0.1, -0.05) is 121 Å². The van der Waals surface area contributed by atoms with Crippen LogP contribution in [0.2, 0.25) is 0 Å². The second-order valence-corrected chi connectivity index (χ2v) is 11.9. The van der Waals surface area contributed by atoms with Gasteiger partial charge >= 0.3 is 0 Å². The zero-order valence-electron chi connectivity index (χ0n) is 25.6. The molecule has 2 aromatic heterocycles. The number of rotatable bonds is 4. The SMILES string of the molecule is N#Cc1cc(-c2cccc3c2oc2ccccc23)ccc1-c1ccc(-c2ccc(-c3cccc4c3oc3ccccc34)cc2C#N)cc1. The van der Waals surface area contributed by atoms with E-state index in [1.807, 2.05) is 121 Å². The minimum absolute atomic E-state index is 0.579. The molecule has 9 aromatic rings. The van der Waals surface area contributed by atoms with E-state index in [1.165, 1.54) is 0 Å². The zero-order chi connectivity index (χ0) is 32.2. The lowest BCUT2D eigenvalue weighted by atomic mass is 9.92. The van der Waals surface area contributed by atoms with Crippen molar-refractivity contribution in [2.24, 2.45) is 0 Å². The number of hydrogen-bond donors (Lipinski definition) is 0.